The van der Waals surface area contributed by atoms with Crippen LogP contribution in [0.5, 0.6) is 0 Å². The molecule has 1 saturated heterocycles. The first-order chi connectivity index (χ1) is 11.5. The van der Waals surface area contributed by atoms with Crippen molar-refractivity contribution in [2.45, 2.75) is 25.3 Å². The molecule has 0 radical (unpaired) electrons. The number of fused-ring (bicyclic) bond motifs is 2. The largest absolute Gasteiger partial charge is 0.345 e. The Kier molecular flexibility index (Phi) is 3.40. The van der Waals surface area contributed by atoms with Crippen molar-refractivity contribution in [3.05, 3.63) is 24.2 Å². The number of aryl methyl sites for hydroxylation is 1. The number of hydrogen-bond donors (Lipinski definition) is 0. The molecule has 24 heavy (non-hydrogen) atoms. The van der Waals surface area contributed by atoms with Crippen molar-refractivity contribution in [3.8, 4) is 0 Å². The molecule has 0 bridgehead atoms. The van der Waals surface area contributed by atoms with Crippen LogP contribution in [-0.2, 0) is 11.8 Å². The number of likely N-dealkylation sites (tertiary alicyclic amines) is 1. The summed E-state index contributed by atoms with van der Waals surface area (Å²) in [6.07, 6.45) is 7.90. The van der Waals surface area contributed by atoms with Gasteiger partial charge in [0, 0.05) is 52.5 Å². The molecule has 3 heterocycles. The minimum atomic E-state index is 0.00938. The highest BCUT2D eigenvalue weighted by Crippen LogP contribution is 2.40. The number of piperidine rings is 1. The second-order valence-electron chi connectivity index (χ2n) is 7.28. The second-order valence-corrected chi connectivity index (χ2v) is 7.28. The molecule has 1 aliphatic heterocycles. The first-order valence-electron chi connectivity index (χ1n) is 8.45. The number of amides is 2. The smallest absolute Gasteiger partial charge is 0.259 e. The molecule has 0 aromatic carbocycles. The van der Waals surface area contributed by atoms with E-state index in [2.05, 4.69) is 5.10 Å². The summed E-state index contributed by atoms with van der Waals surface area (Å²) in [5.41, 5.74) is 1.45. The van der Waals surface area contributed by atoms with Gasteiger partial charge < -0.3 is 14.4 Å². The minimum absolute atomic E-state index is 0.00938. The lowest BCUT2D eigenvalue weighted by molar-refractivity contribution is -0.134. The van der Waals surface area contributed by atoms with Gasteiger partial charge in [-0.05, 0) is 24.7 Å². The van der Waals surface area contributed by atoms with Crippen LogP contribution < -0.4 is 0 Å². The van der Waals surface area contributed by atoms with E-state index in [0.29, 0.717) is 23.8 Å². The molecule has 7 heteroatoms. The van der Waals surface area contributed by atoms with Gasteiger partial charge in [0.25, 0.3) is 5.91 Å². The molecule has 128 valence electrons. The molecule has 4 rings (SSSR count). The Balaban J connectivity index is 1.54. The third-order valence-electron chi connectivity index (χ3n) is 5.82. The molecular weight excluding hydrogens is 306 g/mol. The molecule has 1 saturated carbocycles. The van der Waals surface area contributed by atoms with E-state index in [1.807, 2.05) is 47.9 Å². The first kappa shape index (κ1) is 15.2. The van der Waals surface area contributed by atoms with Gasteiger partial charge in [-0.1, -0.05) is 0 Å². The maximum Gasteiger partial charge on any atom is 0.259 e. The number of nitrogens with zero attached hydrogens (tertiary/aromatic N) is 5. The molecule has 0 unspecified atom stereocenters. The van der Waals surface area contributed by atoms with Crippen LogP contribution in [0.4, 0.5) is 0 Å². The Hall–Kier alpha value is -2.31. The summed E-state index contributed by atoms with van der Waals surface area (Å²) >= 11 is 0. The van der Waals surface area contributed by atoms with Crippen molar-refractivity contribution in [2.24, 2.45) is 18.9 Å². The van der Waals surface area contributed by atoms with Gasteiger partial charge in [-0.15, -0.1) is 0 Å². The summed E-state index contributed by atoms with van der Waals surface area (Å²) < 4.78 is 3.64. The Morgan fingerprint density at radius 3 is 2.79 bits per heavy atom. The predicted molar refractivity (Wildman–Crippen MR) is 88.5 cm³/mol. The Morgan fingerprint density at radius 2 is 2.00 bits per heavy atom. The van der Waals surface area contributed by atoms with E-state index >= 15 is 0 Å². The third-order valence-corrected chi connectivity index (χ3v) is 5.82. The summed E-state index contributed by atoms with van der Waals surface area (Å²) in [5.74, 6) is 1.16. The number of carbonyl (C=O) groups excluding carboxylic acids is 2. The summed E-state index contributed by atoms with van der Waals surface area (Å²) in [6.45, 7) is 0.817. The van der Waals surface area contributed by atoms with Gasteiger partial charge in [-0.2, -0.15) is 5.10 Å². The first-order valence-corrected chi connectivity index (χ1v) is 8.45. The molecule has 0 N–H and O–H groups in total. The highest BCUT2D eigenvalue weighted by Gasteiger charge is 2.42. The van der Waals surface area contributed by atoms with Gasteiger partial charge in [-0.3, -0.25) is 9.59 Å². The van der Waals surface area contributed by atoms with E-state index in [0.717, 1.165) is 25.0 Å². The van der Waals surface area contributed by atoms with Gasteiger partial charge in [0.2, 0.25) is 5.91 Å². The second kappa shape index (κ2) is 5.36. The molecule has 0 spiro atoms. The average molecular weight is 329 g/mol. The van der Waals surface area contributed by atoms with Crippen molar-refractivity contribution in [1.29, 1.82) is 0 Å². The molecule has 2 aliphatic rings. The van der Waals surface area contributed by atoms with E-state index in [4.69, 9.17) is 0 Å². The topological polar surface area (TPSA) is 62.8 Å². The zero-order valence-electron chi connectivity index (χ0n) is 14.3. The fraction of sp³-hybridized carbons (Fsp3) is 0.588. The van der Waals surface area contributed by atoms with Crippen molar-refractivity contribution < 1.29 is 9.59 Å². The van der Waals surface area contributed by atoms with Crippen LogP contribution in [0.15, 0.2) is 18.6 Å². The van der Waals surface area contributed by atoms with Gasteiger partial charge in [0.05, 0.1) is 6.20 Å². The highest BCUT2D eigenvalue weighted by atomic mass is 16.2. The fourth-order valence-corrected chi connectivity index (χ4v) is 4.36. The van der Waals surface area contributed by atoms with E-state index in [-0.39, 0.29) is 17.9 Å². The maximum atomic E-state index is 13.0. The molecule has 2 aromatic heterocycles. The normalized spacial score (nSPS) is 26.9. The Bertz CT molecular complexity index is 807. The standard InChI is InChI=1S/C17H23N5O2/c1-19-4-5-22-16(19)14(9-18-22)17(24)21(3)13-6-11-8-15(23)20(2)10-12(11)7-13/h4-5,9,11-13H,6-8,10H2,1-3H3/t11-,12+,13-/m0/s1. The Morgan fingerprint density at radius 1 is 1.25 bits per heavy atom. The van der Waals surface area contributed by atoms with Crippen LogP contribution in [0.1, 0.15) is 29.6 Å². The van der Waals surface area contributed by atoms with Crippen LogP contribution >= 0.6 is 0 Å². The zero-order chi connectivity index (χ0) is 17.0. The van der Waals surface area contributed by atoms with Crippen molar-refractivity contribution in [2.75, 3.05) is 20.6 Å². The summed E-state index contributed by atoms with van der Waals surface area (Å²) in [7, 11) is 5.67. The lowest BCUT2D eigenvalue weighted by atomic mass is 9.88. The van der Waals surface area contributed by atoms with Crippen molar-refractivity contribution in [1.82, 2.24) is 24.0 Å². The molecule has 2 aromatic rings. The van der Waals surface area contributed by atoms with Crippen molar-refractivity contribution >= 4 is 17.5 Å². The van der Waals surface area contributed by atoms with Crippen LogP contribution in [0.2, 0.25) is 0 Å². The lowest BCUT2D eigenvalue weighted by Gasteiger charge is -2.31. The Labute approximate surface area is 140 Å². The van der Waals surface area contributed by atoms with E-state index in [9.17, 15) is 9.59 Å². The number of imidazole rings is 1. The lowest BCUT2D eigenvalue weighted by Crippen LogP contribution is -2.39. The van der Waals surface area contributed by atoms with Crippen molar-refractivity contribution in [3.63, 3.8) is 0 Å². The SMILES string of the molecule is CN1C[C@H]2C[C@@H](N(C)C(=O)c3cnn4ccn(C)c34)C[C@H]2CC1=O. The summed E-state index contributed by atoms with van der Waals surface area (Å²) in [4.78, 5) is 28.6. The molecule has 1 aliphatic carbocycles. The van der Waals surface area contributed by atoms with Crippen LogP contribution in [-0.4, -0.2) is 62.5 Å². The quantitative estimate of drug-likeness (QED) is 0.826. The fourth-order valence-electron chi connectivity index (χ4n) is 4.36. The average Bonchev–Trinajstić information content (AvgIpc) is 3.23. The number of rotatable bonds is 2. The number of hydrogen-bond acceptors (Lipinski definition) is 3. The molecule has 7 nitrogen and oxygen atoms in total. The van der Waals surface area contributed by atoms with Crippen LogP contribution in [0, 0.1) is 11.8 Å². The third kappa shape index (κ3) is 2.22. The minimum Gasteiger partial charge on any atom is -0.345 e. The van der Waals surface area contributed by atoms with Crippen LogP contribution in [0.3, 0.4) is 0 Å². The molecule has 2 fully saturated rings. The van der Waals surface area contributed by atoms with E-state index < -0.39 is 0 Å². The highest BCUT2D eigenvalue weighted by molar-refractivity contribution is 5.99. The van der Waals surface area contributed by atoms with E-state index in [1.54, 1.807) is 10.7 Å². The summed E-state index contributed by atoms with van der Waals surface area (Å²) in [5, 5.41) is 4.26. The van der Waals surface area contributed by atoms with Gasteiger partial charge in [-0.25, -0.2) is 4.52 Å². The van der Waals surface area contributed by atoms with Gasteiger partial charge >= 0.3 is 0 Å². The molecular formula is C17H23N5O2. The van der Waals surface area contributed by atoms with Gasteiger partial charge in [0.15, 0.2) is 0 Å². The maximum absolute atomic E-state index is 13.0. The predicted octanol–water partition coefficient (Wildman–Crippen LogP) is 1.00. The molecule has 2 amide bonds. The summed E-state index contributed by atoms with van der Waals surface area (Å²) in [6, 6.07) is 0.196. The van der Waals surface area contributed by atoms with Crippen LogP contribution in [0.25, 0.3) is 5.65 Å². The molecule has 3 atom stereocenters. The number of carbonyl (C=O) groups is 2. The van der Waals surface area contributed by atoms with Gasteiger partial charge in [0.1, 0.15) is 11.2 Å². The zero-order valence-corrected chi connectivity index (χ0v) is 14.3. The monoisotopic (exact) mass is 329 g/mol. The van der Waals surface area contributed by atoms with E-state index in [1.165, 1.54) is 0 Å². The number of aromatic nitrogens is 3.